The van der Waals surface area contributed by atoms with Crippen LogP contribution in [0.15, 0.2) is 42.5 Å². The first kappa shape index (κ1) is 23.7. The Morgan fingerprint density at radius 3 is 2.50 bits per heavy atom. The van der Waals surface area contributed by atoms with Gasteiger partial charge >= 0.3 is 6.09 Å². The van der Waals surface area contributed by atoms with Gasteiger partial charge in [-0.05, 0) is 62.5 Å². The molecular weight excluding hydrogens is 418 g/mol. The molecule has 0 aliphatic carbocycles. The zero-order valence-electron chi connectivity index (χ0n) is 18.0. The Labute approximate surface area is 186 Å². The van der Waals surface area contributed by atoms with Crippen LogP contribution in [0.25, 0.3) is 0 Å². The third-order valence-electron chi connectivity index (χ3n) is 6.06. The Balaban J connectivity index is 0.000000913. The van der Waals surface area contributed by atoms with E-state index in [1.54, 1.807) is 4.90 Å². The third kappa shape index (κ3) is 5.62. The van der Waals surface area contributed by atoms with Crippen LogP contribution in [0.4, 0.5) is 13.6 Å². The summed E-state index contributed by atoms with van der Waals surface area (Å²) in [6, 6.07) is 10.6. The number of amides is 1. The molecule has 1 amide bonds. The van der Waals surface area contributed by atoms with E-state index >= 15 is 0 Å². The number of piperidine rings is 1. The minimum Gasteiger partial charge on any atom is -0.483 e. The Morgan fingerprint density at radius 1 is 1.12 bits per heavy atom. The number of carboxylic acid groups (broad SMARTS) is 1. The van der Waals surface area contributed by atoms with Crippen molar-refractivity contribution in [3.05, 3.63) is 70.8 Å². The van der Waals surface area contributed by atoms with Crippen LogP contribution in [-0.2, 0) is 16.0 Å². The van der Waals surface area contributed by atoms with Gasteiger partial charge in [-0.1, -0.05) is 30.3 Å². The smallest absolute Gasteiger partial charge is 0.410 e. The van der Waals surface area contributed by atoms with Gasteiger partial charge in [-0.3, -0.25) is 9.69 Å². The molecule has 0 aromatic heterocycles. The third-order valence-corrected chi connectivity index (χ3v) is 6.06. The molecule has 0 saturated carbocycles. The Morgan fingerprint density at radius 2 is 1.81 bits per heavy atom. The molecule has 1 saturated heterocycles. The molecule has 2 heterocycles. The standard InChI is InChI=1S/C23H26F2N2O2.CH2O2/c1-26-11-8-16(9-12-26)15-29-23(28)27-13-10-17-4-2-3-5-19(17)22(27)20-7-6-18(24)14-21(20)25;2-1-3/h2-7,14,16,22H,8-13,15H2,1H3;1H,(H,2,3)/t22-;/m1./s1. The fourth-order valence-electron chi connectivity index (χ4n) is 4.32. The lowest BCUT2D eigenvalue weighted by Gasteiger charge is -2.37. The maximum atomic E-state index is 14.7. The fourth-order valence-corrected chi connectivity index (χ4v) is 4.32. The number of carbonyl (C=O) groups excluding carboxylic acids is 1. The van der Waals surface area contributed by atoms with E-state index in [-0.39, 0.29) is 12.0 Å². The zero-order valence-corrected chi connectivity index (χ0v) is 18.0. The number of rotatable bonds is 3. The summed E-state index contributed by atoms with van der Waals surface area (Å²) in [6.07, 6.45) is 2.25. The number of likely N-dealkylation sites (tertiary alicyclic amines) is 1. The molecule has 1 atom stereocenters. The summed E-state index contributed by atoms with van der Waals surface area (Å²) in [6.45, 7) is 2.57. The highest BCUT2D eigenvalue weighted by atomic mass is 19.1. The van der Waals surface area contributed by atoms with Crippen LogP contribution in [0, 0.1) is 17.6 Å². The summed E-state index contributed by atoms with van der Waals surface area (Å²) in [4.78, 5) is 25.2. The second-order valence-electron chi connectivity index (χ2n) is 8.14. The largest absolute Gasteiger partial charge is 0.483 e. The molecule has 2 aromatic rings. The summed E-state index contributed by atoms with van der Waals surface area (Å²) >= 11 is 0. The molecule has 2 aliphatic heterocycles. The Hall–Kier alpha value is -3.00. The predicted octanol–water partition coefficient (Wildman–Crippen LogP) is 4.09. The average Bonchev–Trinajstić information content (AvgIpc) is 2.78. The van der Waals surface area contributed by atoms with Gasteiger partial charge in [0.1, 0.15) is 11.6 Å². The van der Waals surface area contributed by atoms with Crippen molar-refractivity contribution in [1.29, 1.82) is 0 Å². The van der Waals surface area contributed by atoms with E-state index in [2.05, 4.69) is 11.9 Å². The number of fused-ring (bicyclic) bond motifs is 1. The second-order valence-corrected chi connectivity index (χ2v) is 8.14. The van der Waals surface area contributed by atoms with Gasteiger partial charge in [0.25, 0.3) is 6.47 Å². The Kier molecular flexibility index (Phi) is 8.16. The lowest BCUT2D eigenvalue weighted by atomic mass is 9.88. The fraction of sp³-hybridized carbons (Fsp3) is 0.417. The molecule has 0 spiro atoms. The van der Waals surface area contributed by atoms with Gasteiger partial charge in [-0.2, -0.15) is 0 Å². The summed E-state index contributed by atoms with van der Waals surface area (Å²) in [7, 11) is 2.09. The van der Waals surface area contributed by atoms with Crippen molar-refractivity contribution in [2.45, 2.75) is 25.3 Å². The van der Waals surface area contributed by atoms with Crippen molar-refractivity contribution in [2.75, 3.05) is 33.3 Å². The molecule has 2 aromatic carbocycles. The van der Waals surface area contributed by atoms with Crippen LogP contribution in [-0.4, -0.2) is 60.8 Å². The number of hydrogen-bond donors (Lipinski definition) is 1. The van der Waals surface area contributed by atoms with Crippen LogP contribution < -0.4 is 0 Å². The normalized spacial score (nSPS) is 18.8. The SMILES string of the molecule is CN1CCC(COC(=O)N2CCc3ccccc3[C@@H]2c2ccc(F)cc2F)CC1.O=CO. The first-order chi connectivity index (χ1) is 15.4. The van der Waals surface area contributed by atoms with E-state index in [9.17, 15) is 13.6 Å². The minimum atomic E-state index is -0.653. The molecule has 0 bridgehead atoms. The molecule has 1 N–H and O–H groups in total. The monoisotopic (exact) mass is 446 g/mol. The summed E-state index contributed by atoms with van der Waals surface area (Å²) < 4.78 is 33.8. The molecule has 4 rings (SSSR count). The summed E-state index contributed by atoms with van der Waals surface area (Å²) in [5.74, 6) is -0.931. The van der Waals surface area contributed by atoms with E-state index in [0.29, 0.717) is 25.5 Å². The van der Waals surface area contributed by atoms with E-state index < -0.39 is 23.8 Å². The van der Waals surface area contributed by atoms with Gasteiger partial charge < -0.3 is 14.7 Å². The number of hydrogen-bond acceptors (Lipinski definition) is 4. The predicted molar refractivity (Wildman–Crippen MR) is 115 cm³/mol. The van der Waals surface area contributed by atoms with E-state index in [0.717, 1.165) is 43.1 Å². The quantitative estimate of drug-likeness (QED) is 0.720. The maximum Gasteiger partial charge on any atom is 0.410 e. The van der Waals surface area contributed by atoms with Crippen molar-refractivity contribution in [2.24, 2.45) is 5.92 Å². The van der Waals surface area contributed by atoms with Crippen LogP contribution in [0.5, 0.6) is 0 Å². The van der Waals surface area contributed by atoms with Crippen molar-refractivity contribution in [3.8, 4) is 0 Å². The average molecular weight is 446 g/mol. The zero-order chi connectivity index (χ0) is 23.1. The molecule has 0 radical (unpaired) electrons. The number of halogens is 2. The molecule has 0 unspecified atom stereocenters. The van der Waals surface area contributed by atoms with Gasteiger partial charge in [-0.15, -0.1) is 0 Å². The number of nitrogens with zero attached hydrogens (tertiary/aromatic N) is 2. The molecule has 172 valence electrons. The number of carbonyl (C=O) groups is 2. The molecule has 2 aliphatic rings. The molecular formula is C24H28F2N2O4. The second kappa shape index (κ2) is 11.0. The van der Waals surface area contributed by atoms with Crippen LogP contribution in [0.2, 0.25) is 0 Å². The van der Waals surface area contributed by atoms with Crippen molar-refractivity contribution in [1.82, 2.24) is 9.80 Å². The summed E-state index contributed by atoms with van der Waals surface area (Å²) in [5, 5.41) is 6.89. The van der Waals surface area contributed by atoms with E-state index in [1.165, 1.54) is 12.1 Å². The lowest BCUT2D eigenvalue weighted by molar-refractivity contribution is -0.122. The highest BCUT2D eigenvalue weighted by molar-refractivity contribution is 5.70. The van der Waals surface area contributed by atoms with Gasteiger partial charge in [0.15, 0.2) is 0 Å². The van der Waals surface area contributed by atoms with Gasteiger partial charge in [0.2, 0.25) is 0 Å². The van der Waals surface area contributed by atoms with Gasteiger partial charge in [0, 0.05) is 18.2 Å². The number of benzene rings is 2. The lowest BCUT2D eigenvalue weighted by Crippen LogP contribution is -2.42. The first-order valence-corrected chi connectivity index (χ1v) is 10.7. The Bertz CT molecular complexity index is 932. The topological polar surface area (TPSA) is 70.1 Å². The molecule has 8 heteroatoms. The molecule has 32 heavy (non-hydrogen) atoms. The highest BCUT2D eigenvalue weighted by Crippen LogP contribution is 2.37. The van der Waals surface area contributed by atoms with Gasteiger partial charge in [0.05, 0.1) is 12.6 Å². The van der Waals surface area contributed by atoms with Crippen molar-refractivity contribution in [3.63, 3.8) is 0 Å². The summed E-state index contributed by atoms with van der Waals surface area (Å²) in [5.41, 5.74) is 2.22. The first-order valence-electron chi connectivity index (χ1n) is 10.7. The van der Waals surface area contributed by atoms with Gasteiger partial charge in [-0.25, -0.2) is 13.6 Å². The van der Waals surface area contributed by atoms with Crippen molar-refractivity contribution >= 4 is 12.6 Å². The maximum absolute atomic E-state index is 14.7. The van der Waals surface area contributed by atoms with Crippen molar-refractivity contribution < 1.29 is 28.2 Å². The minimum absolute atomic E-state index is 0.250. The van der Waals surface area contributed by atoms with Crippen LogP contribution in [0.1, 0.15) is 35.6 Å². The highest BCUT2D eigenvalue weighted by Gasteiger charge is 2.35. The van der Waals surface area contributed by atoms with Crippen LogP contribution >= 0.6 is 0 Å². The molecule has 6 nitrogen and oxygen atoms in total. The number of ether oxygens (including phenoxy) is 1. The van der Waals surface area contributed by atoms with E-state index in [4.69, 9.17) is 14.6 Å². The molecule has 1 fully saturated rings. The van der Waals surface area contributed by atoms with Crippen LogP contribution in [0.3, 0.4) is 0 Å². The van der Waals surface area contributed by atoms with E-state index in [1.807, 2.05) is 24.3 Å².